The maximum atomic E-state index is 13.9. The van der Waals surface area contributed by atoms with Crippen LogP contribution in [0.4, 0.5) is 10.1 Å². The van der Waals surface area contributed by atoms with Crippen LogP contribution >= 0.6 is 0 Å². The maximum Gasteiger partial charge on any atom is 0.234 e. The van der Waals surface area contributed by atoms with Crippen LogP contribution in [-0.2, 0) is 4.79 Å². The Kier molecular flexibility index (Phi) is 6.29. The van der Waals surface area contributed by atoms with Gasteiger partial charge in [0.2, 0.25) is 5.91 Å². The van der Waals surface area contributed by atoms with E-state index in [1.807, 2.05) is 12.1 Å². The highest BCUT2D eigenvalue weighted by molar-refractivity contribution is 5.78. The summed E-state index contributed by atoms with van der Waals surface area (Å²) in [6.07, 6.45) is 5.97. The zero-order chi connectivity index (χ0) is 17.6. The molecule has 4 nitrogen and oxygen atoms in total. The largest absolute Gasteiger partial charge is 0.367 e. The van der Waals surface area contributed by atoms with Crippen molar-refractivity contribution in [1.29, 1.82) is 0 Å². The predicted molar refractivity (Wildman–Crippen MR) is 99.2 cm³/mol. The number of amides is 1. The number of hydrogen-bond donors (Lipinski definition) is 1. The molecule has 1 N–H and O–H groups in total. The third kappa shape index (κ3) is 4.94. The number of nitrogens with one attached hydrogen (secondary N) is 1. The lowest BCUT2D eigenvalue weighted by Crippen LogP contribution is -2.51. The van der Waals surface area contributed by atoms with Crippen LogP contribution < -0.4 is 10.2 Å². The highest BCUT2D eigenvalue weighted by Gasteiger charge is 2.24. The fourth-order valence-electron chi connectivity index (χ4n) is 4.05. The van der Waals surface area contributed by atoms with Gasteiger partial charge in [0.1, 0.15) is 5.82 Å². The summed E-state index contributed by atoms with van der Waals surface area (Å²) in [6, 6.07) is 7.26. The monoisotopic (exact) mass is 347 g/mol. The molecule has 1 heterocycles. The molecule has 138 valence electrons. The molecule has 1 saturated heterocycles. The minimum atomic E-state index is -0.170. The molecule has 1 amide bonds. The summed E-state index contributed by atoms with van der Waals surface area (Å²) in [5.41, 5.74) is 0.666. The average Bonchev–Trinajstić information content (AvgIpc) is 2.63. The lowest BCUT2D eigenvalue weighted by Gasteiger charge is -2.36. The van der Waals surface area contributed by atoms with Crippen LogP contribution in [0.5, 0.6) is 0 Å². The van der Waals surface area contributed by atoms with Crippen molar-refractivity contribution in [2.45, 2.75) is 45.1 Å². The fourth-order valence-corrected chi connectivity index (χ4v) is 4.05. The van der Waals surface area contributed by atoms with Crippen LogP contribution in [0.2, 0.25) is 0 Å². The summed E-state index contributed by atoms with van der Waals surface area (Å²) < 4.78 is 13.9. The molecule has 0 aromatic heterocycles. The molecule has 0 atom stereocenters. The van der Waals surface area contributed by atoms with Gasteiger partial charge in [-0.2, -0.15) is 0 Å². The Morgan fingerprint density at radius 2 is 1.80 bits per heavy atom. The third-order valence-corrected chi connectivity index (χ3v) is 5.72. The third-order valence-electron chi connectivity index (χ3n) is 5.72. The summed E-state index contributed by atoms with van der Waals surface area (Å²) in [7, 11) is 0. The van der Waals surface area contributed by atoms with E-state index in [1.165, 1.54) is 25.3 Å². The Balaban J connectivity index is 1.40. The minimum Gasteiger partial charge on any atom is -0.367 e. The molecule has 0 unspecified atom stereocenters. The average molecular weight is 347 g/mol. The molecule has 5 heteroatoms. The van der Waals surface area contributed by atoms with E-state index in [-0.39, 0.29) is 11.7 Å². The van der Waals surface area contributed by atoms with E-state index in [4.69, 9.17) is 0 Å². The zero-order valence-corrected chi connectivity index (χ0v) is 15.2. The van der Waals surface area contributed by atoms with Gasteiger partial charge >= 0.3 is 0 Å². The summed E-state index contributed by atoms with van der Waals surface area (Å²) in [5.74, 6) is 0.815. The molecule has 25 heavy (non-hydrogen) atoms. The molecular formula is C20H30FN3O. The van der Waals surface area contributed by atoms with Crippen molar-refractivity contribution < 1.29 is 9.18 Å². The SMILES string of the molecule is CCC1CCC(NC(=O)CN2CCN(c3ccccc3F)CC2)CC1. The van der Waals surface area contributed by atoms with Gasteiger partial charge in [-0.3, -0.25) is 9.69 Å². The van der Waals surface area contributed by atoms with Crippen molar-refractivity contribution in [3.8, 4) is 0 Å². The number of carbonyl (C=O) groups is 1. The summed E-state index contributed by atoms with van der Waals surface area (Å²) in [4.78, 5) is 16.5. The van der Waals surface area contributed by atoms with Gasteiger partial charge in [0.05, 0.1) is 12.2 Å². The minimum absolute atomic E-state index is 0.138. The quantitative estimate of drug-likeness (QED) is 0.889. The van der Waals surface area contributed by atoms with Gasteiger partial charge in [0, 0.05) is 32.2 Å². The molecule has 2 aliphatic rings. The first-order valence-corrected chi connectivity index (χ1v) is 9.67. The number of anilines is 1. The van der Waals surface area contributed by atoms with Crippen LogP contribution in [0.1, 0.15) is 39.0 Å². The number of hydrogen-bond acceptors (Lipinski definition) is 3. The van der Waals surface area contributed by atoms with Gasteiger partial charge in [0.15, 0.2) is 0 Å². The number of nitrogens with zero attached hydrogens (tertiary/aromatic N) is 2. The maximum absolute atomic E-state index is 13.9. The number of carbonyl (C=O) groups excluding carboxylic acids is 1. The molecular weight excluding hydrogens is 317 g/mol. The lowest BCUT2D eigenvalue weighted by atomic mass is 9.84. The smallest absolute Gasteiger partial charge is 0.234 e. The van der Waals surface area contributed by atoms with Gasteiger partial charge < -0.3 is 10.2 Å². The normalized spacial score (nSPS) is 25.0. The molecule has 1 aromatic rings. The number of rotatable bonds is 5. The van der Waals surface area contributed by atoms with Gasteiger partial charge in [0.25, 0.3) is 0 Å². The summed E-state index contributed by atoms with van der Waals surface area (Å²) in [6.45, 7) is 5.82. The number of benzene rings is 1. The molecule has 1 saturated carbocycles. The summed E-state index contributed by atoms with van der Waals surface area (Å²) >= 11 is 0. The molecule has 0 radical (unpaired) electrons. The van der Waals surface area contributed by atoms with E-state index in [0.29, 0.717) is 18.3 Å². The lowest BCUT2D eigenvalue weighted by molar-refractivity contribution is -0.123. The van der Waals surface area contributed by atoms with Gasteiger partial charge in [-0.15, -0.1) is 0 Å². The standard InChI is InChI=1S/C20H30FN3O/c1-2-16-7-9-17(10-8-16)22-20(25)15-23-11-13-24(14-12-23)19-6-4-3-5-18(19)21/h3-6,16-17H,2,7-15H2,1H3,(H,22,25). The Labute approximate surface area is 150 Å². The Morgan fingerprint density at radius 3 is 2.44 bits per heavy atom. The molecule has 1 aliphatic heterocycles. The summed E-state index contributed by atoms with van der Waals surface area (Å²) in [5, 5.41) is 3.21. The van der Waals surface area contributed by atoms with Crippen LogP contribution in [0.15, 0.2) is 24.3 Å². The van der Waals surface area contributed by atoms with Crippen molar-refractivity contribution >= 4 is 11.6 Å². The topological polar surface area (TPSA) is 35.6 Å². The van der Waals surface area contributed by atoms with E-state index in [1.54, 1.807) is 6.07 Å². The molecule has 0 bridgehead atoms. The van der Waals surface area contributed by atoms with Crippen LogP contribution in [0.25, 0.3) is 0 Å². The zero-order valence-electron chi connectivity index (χ0n) is 15.2. The van der Waals surface area contributed by atoms with Crippen molar-refractivity contribution in [3.63, 3.8) is 0 Å². The second-order valence-corrected chi connectivity index (χ2v) is 7.41. The number of para-hydroxylation sites is 1. The van der Waals surface area contributed by atoms with E-state index in [0.717, 1.165) is 44.9 Å². The fraction of sp³-hybridized carbons (Fsp3) is 0.650. The van der Waals surface area contributed by atoms with Crippen LogP contribution in [-0.4, -0.2) is 49.6 Å². The van der Waals surface area contributed by atoms with E-state index in [9.17, 15) is 9.18 Å². The molecule has 2 fully saturated rings. The Bertz CT molecular complexity index is 564. The second-order valence-electron chi connectivity index (χ2n) is 7.41. The Morgan fingerprint density at radius 1 is 1.12 bits per heavy atom. The van der Waals surface area contributed by atoms with E-state index in [2.05, 4.69) is 22.0 Å². The van der Waals surface area contributed by atoms with E-state index < -0.39 is 0 Å². The number of halogens is 1. The highest BCUT2D eigenvalue weighted by Crippen LogP contribution is 2.26. The van der Waals surface area contributed by atoms with Gasteiger partial charge in [-0.25, -0.2) is 4.39 Å². The first-order chi connectivity index (χ1) is 12.2. The molecule has 0 spiro atoms. The first kappa shape index (κ1) is 18.2. The van der Waals surface area contributed by atoms with Crippen molar-refractivity contribution in [2.75, 3.05) is 37.6 Å². The predicted octanol–water partition coefficient (Wildman–Crippen LogP) is 3.03. The van der Waals surface area contributed by atoms with Crippen molar-refractivity contribution in [1.82, 2.24) is 10.2 Å². The first-order valence-electron chi connectivity index (χ1n) is 9.67. The van der Waals surface area contributed by atoms with E-state index >= 15 is 0 Å². The highest BCUT2D eigenvalue weighted by atomic mass is 19.1. The second kappa shape index (κ2) is 8.65. The molecule has 1 aromatic carbocycles. The number of piperazine rings is 1. The van der Waals surface area contributed by atoms with Crippen LogP contribution in [0, 0.1) is 11.7 Å². The Hall–Kier alpha value is -1.62. The van der Waals surface area contributed by atoms with Crippen molar-refractivity contribution in [3.05, 3.63) is 30.1 Å². The van der Waals surface area contributed by atoms with Crippen molar-refractivity contribution in [2.24, 2.45) is 5.92 Å². The molecule has 1 aliphatic carbocycles. The van der Waals surface area contributed by atoms with Crippen LogP contribution in [0.3, 0.4) is 0 Å². The van der Waals surface area contributed by atoms with Gasteiger partial charge in [-0.1, -0.05) is 25.5 Å². The molecule has 3 rings (SSSR count). The van der Waals surface area contributed by atoms with Gasteiger partial charge in [-0.05, 0) is 43.7 Å².